The van der Waals surface area contributed by atoms with Gasteiger partial charge in [0.25, 0.3) is 5.56 Å². The Hall–Kier alpha value is -4.05. The smallest absolute Gasteiger partial charge is 0.258 e. The molecule has 170 valence electrons. The standard InChI is InChI=1S/C22H20ClN5O5/c1-32-13-6-7-16(33-2)15(9-13)25-20(30)14-10-17(29)26-19-18(14)21(31)28-22(27-19)24-12-5-3-4-11(23)8-12/h3-9,14H,10H2,1-2H3,(H,25,30)(H3,24,26,27,28,29,31). The molecule has 11 heteroatoms. The van der Waals surface area contributed by atoms with Gasteiger partial charge in [0.1, 0.15) is 17.3 Å². The molecule has 1 unspecified atom stereocenters. The van der Waals surface area contributed by atoms with Crippen LogP contribution in [0, 0.1) is 0 Å². The minimum Gasteiger partial charge on any atom is -0.497 e. The minimum atomic E-state index is -1.05. The van der Waals surface area contributed by atoms with Crippen molar-refractivity contribution in [3.8, 4) is 11.5 Å². The van der Waals surface area contributed by atoms with Crippen LogP contribution < -0.4 is 31.0 Å². The molecule has 0 bridgehead atoms. The van der Waals surface area contributed by atoms with Gasteiger partial charge in [0.05, 0.1) is 31.4 Å². The molecule has 3 aromatic rings. The summed E-state index contributed by atoms with van der Waals surface area (Å²) in [5, 5.41) is 8.71. The first-order valence-corrected chi connectivity index (χ1v) is 10.2. The highest BCUT2D eigenvalue weighted by Crippen LogP contribution is 2.33. The number of nitrogens with one attached hydrogen (secondary N) is 4. The zero-order valence-corrected chi connectivity index (χ0v) is 18.4. The van der Waals surface area contributed by atoms with Crippen LogP contribution in [0.4, 0.5) is 23.1 Å². The molecule has 33 heavy (non-hydrogen) atoms. The fourth-order valence-corrected chi connectivity index (χ4v) is 3.68. The normalized spacial score (nSPS) is 14.6. The summed E-state index contributed by atoms with van der Waals surface area (Å²) in [4.78, 5) is 45.2. The number of carbonyl (C=O) groups is 2. The lowest BCUT2D eigenvalue weighted by Crippen LogP contribution is -2.36. The first-order valence-electron chi connectivity index (χ1n) is 9.87. The zero-order valence-electron chi connectivity index (χ0n) is 17.7. The third kappa shape index (κ3) is 4.75. The molecule has 0 spiro atoms. The van der Waals surface area contributed by atoms with E-state index in [1.165, 1.54) is 14.2 Å². The Morgan fingerprint density at radius 2 is 1.97 bits per heavy atom. The predicted octanol–water partition coefficient (Wildman–Crippen LogP) is 3.25. The summed E-state index contributed by atoms with van der Waals surface area (Å²) in [5.41, 5.74) is 0.443. The number of benzene rings is 2. The van der Waals surface area contributed by atoms with Gasteiger partial charge in [-0.05, 0) is 30.3 Å². The van der Waals surface area contributed by atoms with Crippen molar-refractivity contribution in [3.05, 3.63) is 63.4 Å². The second kappa shape index (κ2) is 9.21. The van der Waals surface area contributed by atoms with Crippen LogP contribution in [0.25, 0.3) is 0 Å². The van der Waals surface area contributed by atoms with E-state index in [1.54, 1.807) is 42.5 Å². The molecule has 2 amide bonds. The van der Waals surface area contributed by atoms with E-state index in [9.17, 15) is 14.4 Å². The summed E-state index contributed by atoms with van der Waals surface area (Å²) in [5.74, 6) is -1.04. The Balaban J connectivity index is 1.65. The number of H-pyrrole nitrogens is 1. The van der Waals surface area contributed by atoms with Crippen molar-refractivity contribution in [1.29, 1.82) is 0 Å². The van der Waals surface area contributed by atoms with E-state index in [0.29, 0.717) is 27.9 Å². The van der Waals surface area contributed by atoms with Crippen LogP contribution in [0.1, 0.15) is 17.9 Å². The molecule has 0 fully saturated rings. The number of ether oxygens (including phenoxy) is 2. The summed E-state index contributed by atoms with van der Waals surface area (Å²) in [6, 6.07) is 11.7. The molecule has 1 aliphatic heterocycles. The van der Waals surface area contributed by atoms with Crippen molar-refractivity contribution in [1.82, 2.24) is 9.97 Å². The van der Waals surface area contributed by atoms with E-state index in [4.69, 9.17) is 21.1 Å². The highest BCUT2D eigenvalue weighted by atomic mass is 35.5. The highest BCUT2D eigenvalue weighted by Gasteiger charge is 2.35. The van der Waals surface area contributed by atoms with Gasteiger partial charge >= 0.3 is 0 Å². The minimum absolute atomic E-state index is 0.0114. The molecule has 4 rings (SSSR count). The quantitative estimate of drug-likeness (QED) is 0.435. The average molecular weight is 470 g/mol. The molecular formula is C22H20ClN5O5. The Labute approximate surface area is 193 Å². The van der Waals surface area contributed by atoms with Crippen molar-refractivity contribution < 1.29 is 19.1 Å². The zero-order chi connectivity index (χ0) is 23.5. The number of nitrogens with zero attached hydrogens (tertiary/aromatic N) is 1. The van der Waals surface area contributed by atoms with Crippen LogP contribution in [-0.4, -0.2) is 36.0 Å². The second-order valence-electron chi connectivity index (χ2n) is 7.17. The molecule has 1 aliphatic rings. The number of anilines is 4. The Bertz CT molecular complexity index is 1290. The van der Waals surface area contributed by atoms with E-state index in [0.717, 1.165) is 0 Å². The number of fused-ring (bicyclic) bond motifs is 1. The highest BCUT2D eigenvalue weighted by molar-refractivity contribution is 6.30. The Kier molecular flexibility index (Phi) is 6.18. The largest absolute Gasteiger partial charge is 0.497 e. The van der Waals surface area contributed by atoms with Crippen molar-refractivity contribution >= 4 is 46.6 Å². The number of amides is 2. The summed E-state index contributed by atoms with van der Waals surface area (Å²) < 4.78 is 10.5. The van der Waals surface area contributed by atoms with Crippen molar-refractivity contribution in [2.24, 2.45) is 0 Å². The summed E-state index contributed by atoms with van der Waals surface area (Å²) in [6.45, 7) is 0. The summed E-state index contributed by atoms with van der Waals surface area (Å²) in [6.07, 6.45) is -0.211. The van der Waals surface area contributed by atoms with Gasteiger partial charge in [-0.2, -0.15) is 4.98 Å². The first kappa shape index (κ1) is 22.2. The van der Waals surface area contributed by atoms with Gasteiger partial charge in [-0.25, -0.2) is 0 Å². The van der Waals surface area contributed by atoms with Gasteiger partial charge in [0.2, 0.25) is 17.8 Å². The number of aromatic amines is 1. The van der Waals surface area contributed by atoms with Gasteiger partial charge in [-0.3, -0.25) is 19.4 Å². The molecule has 0 saturated heterocycles. The predicted molar refractivity (Wildman–Crippen MR) is 124 cm³/mol. The Morgan fingerprint density at radius 3 is 2.70 bits per heavy atom. The molecule has 2 aromatic carbocycles. The van der Waals surface area contributed by atoms with Crippen LogP contribution in [-0.2, 0) is 9.59 Å². The summed E-state index contributed by atoms with van der Waals surface area (Å²) in [7, 11) is 2.96. The van der Waals surface area contributed by atoms with Crippen molar-refractivity contribution in [2.75, 3.05) is 30.2 Å². The lowest BCUT2D eigenvalue weighted by atomic mass is 9.92. The van der Waals surface area contributed by atoms with Crippen molar-refractivity contribution in [2.45, 2.75) is 12.3 Å². The Morgan fingerprint density at radius 1 is 1.15 bits per heavy atom. The van der Waals surface area contributed by atoms with Crippen LogP contribution in [0.15, 0.2) is 47.3 Å². The topological polar surface area (TPSA) is 134 Å². The number of rotatable bonds is 6. The maximum Gasteiger partial charge on any atom is 0.258 e. The van der Waals surface area contributed by atoms with Crippen LogP contribution in [0.3, 0.4) is 0 Å². The van der Waals surface area contributed by atoms with Crippen LogP contribution >= 0.6 is 11.6 Å². The fraction of sp³-hybridized carbons (Fsp3) is 0.182. The number of hydrogen-bond donors (Lipinski definition) is 4. The van der Waals surface area contributed by atoms with Crippen LogP contribution in [0.2, 0.25) is 5.02 Å². The van der Waals surface area contributed by atoms with E-state index >= 15 is 0 Å². The van der Waals surface area contributed by atoms with Gasteiger partial charge in [-0.15, -0.1) is 0 Å². The van der Waals surface area contributed by atoms with Gasteiger partial charge in [0.15, 0.2) is 0 Å². The lowest BCUT2D eigenvalue weighted by molar-refractivity contribution is -0.123. The van der Waals surface area contributed by atoms with E-state index in [1.807, 2.05) is 0 Å². The van der Waals surface area contributed by atoms with E-state index in [-0.39, 0.29) is 23.8 Å². The fourth-order valence-electron chi connectivity index (χ4n) is 3.49. The third-order valence-electron chi connectivity index (χ3n) is 5.02. The number of halogens is 1. The maximum absolute atomic E-state index is 13.1. The van der Waals surface area contributed by atoms with E-state index < -0.39 is 23.3 Å². The summed E-state index contributed by atoms with van der Waals surface area (Å²) >= 11 is 5.99. The monoisotopic (exact) mass is 469 g/mol. The van der Waals surface area contributed by atoms with Gasteiger partial charge in [0, 0.05) is 23.2 Å². The van der Waals surface area contributed by atoms with Crippen LogP contribution in [0.5, 0.6) is 11.5 Å². The van der Waals surface area contributed by atoms with Crippen molar-refractivity contribution in [3.63, 3.8) is 0 Å². The number of methoxy groups -OCH3 is 2. The lowest BCUT2D eigenvalue weighted by Gasteiger charge is -2.24. The molecule has 0 aliphatic carbocycles. The SMILES string of the molecule is COc1ccc(OC)c(NC(=O)C2CC(=O)Nc3nc(Nc4cccc(Cl)c4)[nH]c(=O)c32)c1. The molecule has 0 saturated carbocycles. The molecule has 1 aromatic heterocycles. The molecule has 0 radical (unpaired) electrons. The van der Waals surface area contributed by atoms with Gasteiger partial charge in [-0.1, -0.05) is 17.7 Å². The average Bonchev–Trinajstić information content (AvgIpc) is 2.78. The number of hydrogen-bond acceptors (Lipinski definition) is 7. The third-order valence-corrected chi connectivity index (χ3v) is 5.25. The number of aromatic nitrogens is 2. The first-order chi connectivity index (χ1) is 15.9. The molecule has 10 nitrogen and oxygen atoms in total. The van der Waals surface area contributed by atoms with E-state index in [2.05, 4.69) is 25.9 Å². The molecular weight excluding hydrogens is 450 g/mol. The van der Waals surface area contributed by atoms with Gasteiger partial charge < -0.3 is 25.4 Å². The second-order valence-corrected chi connectivity index (χ2v) is 7.61. The molecule has 4 N–H and O–H groups in total. The molecule has 1 atom stereocenters. The maximum atomic E-state index is 13.1. The molecule has 2 heterocycles. The number of carbonyl (C=O) groups excluding carboxylic acids is 2.